The number of carbonyl (C=O) groups is 2. The number of aryl methyl sites for hydroxylation is 2. The highest BCUT2D eigenvalue weighted by molar-refractivity contribution is 6.09. The van der Waals surface area contributed by atoms with Crippen molar-refractivity contribution in [2.24, 2.45) is 0 Å². The fourth-order valence-corrected chi connectivity index (χ4v) is 3.52. The highest BCUT2D eigenvalue weighted by Gasteiger charge is 2.51. The molecule has 0 fully saturated rings. The minimum absolute atomic E-state index is 0.201. The lowest BCUT2D eigenvalue weighted by atomic mass is 9.88. The lowest BCUT2D eigenvalue weighted by Crippen LogP contribution is -2.41. The van der Waals surface area contributed by atoms with E-state index in [2.05, 4.69) is 0 Å². The molecule has 1 heterocycles. The highest BCUT2D eigenvalue weighted by atomic mass is 16.3. The quantitative estimate of drug-likeness (QED) is 0.941. The number of anilines is 1. The number of ketones is 1. The molecule has 3 rings (SSSR count). The number of amides is 1. The number of fused-ring (bicyclic) bond motifs is 1. The van der Waals surface area contributed by atoms with Gasteiger partial charge in [0.05, 0.1) is 12.2 Å². The van der Waals surface area contributed by atoms with Gasteiger partial charge in [0.1, 0.15) is 5.78 Å². The Morgan fingerprint density at radius 3 is 2.46 bits per heavy atom. The van der Waals surface area contributed by atoms with Crippen LogP contribution in [0.25, 0.3) is 0 Å². The van der Waals surface area contributed by atoms with Crippen molar-refractivity contribution in [1.82, 2.24) is 0 Å². The van der Waals surface area contributed by atoms with E-state index in [-0.39, 0.29) is 12.2 Å². The molecular formula is C20H21NO3. The third kappa shape index (κ3) is 2.63. The van der Waals surface area contributed by atoms with Gasteiger partial charge in [0, 0.05) is 12.0 Å². The zero-order valence-electron chi connectivity index (χ0n) is 14.2. The molecule has 1 aliphatic heterocycles. The maximum atomic E-state index is 13.0. The molecule has 4 nitrogen and oxygen atoms in total. The zero-order valence-corrected chi connectivity index (χ0v) is 14.2. The summed E-state index contributed by atoms with van der Waals surface area (Å²) in [6.45, 7) is 5.62. The van der Waals surface area contributed by atoms with Crippen LogP contribution in [0.1, 0.15) is 35.6 Å². The van der Waals surface area contributed by atoms with Crippen molar-refractivity contribution in [3.05, 3.63) is 64.7 Å². The van der Waals surface area contributed by atoms with Crippen molar-refractivity contribution in [1.29, 1.82) is 0 Å². The van der Waals surface area contributed by atoms with E-state index in [1.807, 2.05) is 56.3 Å². The average molecular weight is 323 g/mol. The van der Waals surface area contributed by atoms with Crippen molar-refractivity contribution < 1.29 is 14.7 Å². The number of benzene rings is 2. The lowest BCUT2D eigenvalue weighted by molar-refractivity contribution is -0.141. The van der Waals surface area contributed by atoms with Gasteiger partial charge in [-0.25, -0.2) is 0 Å². The Balaban J connectivity index is 2.13. The first-order valence-corrected chi connectivity index (χ1v) is 8.02. The summed E-state index contributed by atoms with van der Waals surface area (Å²) in [5.41, 5.74) is 2.35. The van der Waals surface area contributed by atoms with Crippen molar-refractivity contribution in [2.45, 2.75) is 39.3 Å². The molecule has 2 aromatic carbocycles. The van der Waals surface area contributed by atoms with Gasteiger partial charge in [-0.1, -0.05) is 48.0 Å². The number of aliphatic hydroxyl groups is 1. The Hall–Kier alpha value is -2.46. The number of carbonyl (C=O) groups excluding carboxylic acids is 2. The Labute approximate surface area is 141 Å². The zero-order chi connectivity index (χ0) is 17.5. The molecule has 124 valence electrons. The second-order valence-electron chi connectivity index (χ2n) is 6.59. The Kier molecular flexibility index (Phi) is 4.01. The lowest BCUT2D eigenvalue weighted by Gasteiger charge is -2.22. The number of hydrogen-bond acceptors (Lipinski definition) is 3. The first-order chi connectivity index (χ1) is 11.3. The van der Waals surface area contributed by atoms with E-state index in [9.17, 15) is 14.7 Å². The van der Waals surface area contributed by atoms with Crippen LogP contribution in [0.5, 0.6) is 0 Å². The molecule has 4 heteroatoms. The topological polar surface area (TPSA) is 57.6 Å². The van der Waals surface area contributed by atoms with E-state index in [0.717, 1.165) is 22.4 Å². The summed E-state index contributed by atoms with van der Waals surface area (Å²) in [4.78, 5) is 26.3. The SMILES string of the molecule is CC(=O)C[C@]1(O)C(=O)N(Cc2ccccc2)c2c(C)cc(C)cc21. The molecule has 0 saturated carbocycles. The summed E-state index contributed by atoms with van der Waals surface area (Å²) in [7, 11) is 0. The van der Waals surface area contributed by atoms with E-state index in [1.165, 1.54) is 6.92 Å². The Morgan fingerprint density at radius 1 is 1.17 bits per heavy atom. The van der Waals surface area contributed by atoms with Crippen LogP contribution in [0.4, 0.5) is 5.69 Å². The number of nitrogens with zero attached hydrogens (tertiary/aromatic N) is 1. The van der Waals surface area contributed by atoms with Crippen molar-refractivity contribution in [2.75, 3.05) is 4.90 Å². The molecule has 24 heavy (non-hydrogen) atoms. The maximum absolute atomic E-state index is 13.0. The van der Waals surface area contributed by atoms with Crippen molar-refractivity contribution in [3.63, 3.8) is 0 Å². The van der Waals surface area contributed by atoms with Gasteiger partial charge in [-0.2, -0.15) is 0 Å². The van der Waals surface area contributed by atoms with Crippen LogP contribution in [0.2, 0.25) is 0 Å². The van der Waals surface area contributed by atoms with Gasteiger partial charge in [0.25, 0.3) is 5.91 Å². The van der Waals surface area contributed by atoms with Crippen molar-refractivity contribution >= 4 is 17.4 Å². The van der Waals surface area contributed by atoms with Crippen LogP contribution in [0.3, 0.4) is 0 Å². The molecule has 0 radical (unpaired) electrons. The molecule has 0 aliphatic carbocycles. The van der Waals surface area contributed by atoms with Gasteiger partial charge in [-0.15, -0.1) is 0 Å². The van der Waals surface area contributed by atoms with Gasteiger partial charge in [0.15, 0.2) is 5.60 Å². The van der Waals surface area contributed by atoms with Crippen LogP contribution in [0.15, 0.2) is 42.5 Å². The summed E-state index contributed by atoms with van der Waals surface area (Å²) in [5.74, 6) is -0.636. The molecule has 1 N–H and O–H groups in total. The van der Waals surface area contributed by atoms with E-state index in [1.54, 1.807) is 4.90 Å². The number of Topliss-reactive ketones (excluding diaryl/α,β-unsaturated/α-hetero) is 1. The molecule has 0 bridgehead atoms. The van der Waals surface area contributed by atoms with Crippen LogP contribution < -0.4 is 4.90 Å². The second-order valence-corrected chi connectivity index (χ2v) is 6.59. The maximum Gasteiger partial charge on any atom is 0.264 e. The fourth-order valence-electron chi connectivity index (χ4n) is 3.52. The van der Waals surface area contributed by atoms with Crippen LogP contribution in [0, 0.1) is 13.8 Å². The fraction of sp³-hybridized carbons (Fsp3) is 0.300. The predicted octanol–water partition coefficient (Wildman–Crippen LogP) is 3.02. The molecular weight excluding hydrogens is 302 g/mol. The Morgan fingerprint density at radius 2 is 1.83 bits per heavy atom. The van der Waals surface area contributed by atoms with Gasteiger partial charge < -0.3 is 10.0 Å². The second kappa shape index (κ2) is 5.87. The summed E-state index contributed by atoms with van der Waals surface area (Å²) in [6.07, 6.45) is -0.201. The van der Waals surface area contributed by atoms with Gasteiger partial charge >= 0.3 is 0 Å². The van der Waals surface area contributed by atoms with Gasteiger partial charge in [-0.05, 0) is 31.9 Å². The Bertz CT molecular complexity index is 813. The van der Waals surface area contributed by atoms with Crippen LogP contribution in [-0.4, -0.2) is 16.8 Å². The number of rotatable bonds is 4. The molecule has 1 atom stereocenters. The minimum atomic E-state index is -1.77. The minimum Gasteiger partial charge on any atom is -0.375 e. The molecule has 0 saturated heterocycles. The monoisotopic (exact) mass is 323 g/mol. The molecule has 0 spiro atoms. The summed E-state index contributed by atoms with van der Waals surface area (Å²) in [5, 5.41) is 11.1. The molecule has 1 amide bonds. The van der Waals surface area contributed by atoms with E-state index < -0.39 is 11.5 Å². The third-order valence-electron chi connectivity index (χ3n) is 4.45. The number of hydrogen-bond donors (Lipinski definition) is 1. The molecule has 0 unspecified atom stereocenters. The van der Waals surface area contributed by atoms with Crippen LogP contribution in [-0.2, 0) is 21.7 Å². The largest absolute Gasteiger partial charge is 0.375 e. The predicted molar refractivity (Wildman–Crippen MR) is 92.7 cm³/mol. The molecule has 2 aromatic rings. The highest BCUT2D eigenvalue weighted by Crippen LogP contribution is 2.45. The first-order valence-electron chi connectivity index (χ1n) is 8.02. The van der Waals surface area contributed by atoms with E-state index in [0.29, 0.717) is 12.1 Å². The van der Waals surface area contributed by atoms with Crippen LogP contribution >= 0.6 is 0 Å². The first kappa shape index (κ1) is 16.4. The smallest absolute Gasteiger partial charge is 0.264 e. The van der Waals surface area contributed by atoms with E-state index in [4.69, 9.17) is 0 Å². The summed E-state index contributed by atoms with van der Waals surface area (Å²) < 4.78 is 0. The third-order valence-corrected chi connectivity index (χ3v) is 4.45. The van der Waals surface area contributed by atoms with Gasteiger partial charge in [0.2, 0.25) is 0 Å². The standard InChI is InChI=1S/C20H21NO3/c1-13-9-14(2)18-17(10-13)20(24,11-15(3)22)19(23)21(18)12-16-7-5-4-6-8-16/h4-10,24H,11-12H2,1-3H3/t20-/m1/s1. The molecule has 0 aromatic heterocycles. The summed E-state index contributed by atoms with van der Waals surface area (Å²) in [6, 6.07) is 13.4. The normalized spacial score (nSPS) is 19.5. The van der Waals surface area contributed by atoms with E-state index >= 15 is 0 Å². The summed E-state index contributed by atoms with van der Waals surface area (Å²) >= 11 is 0. The van der Waals surface area contributed by atoms with Crippen molar-refractivity contribution in [3.8, 4) is 0 Å². The molecule has 1 aliphatic rings. The average Bonchev–Trinajstić information content (AvgIpc) is 2.70. The van der Waals surface area contributed by atoms with Gasteiger partial charge in [-0.3, -0.25) is 9.59 Å².